The van der Waals surface area contributed by atoms with E-state index in [2.05, 4.69) is 5.32 Å². The number of hydrogen-bond acceptors (Lipinski definition) is 8. The second-order valence-electron chi connectivity index (χ2n) is 6.74. The van der Waals surface area contributed by atoms with E-state index in [0.29, 0.717) is 33.5 Å². The summed E-state index contributed by atoms with van der Waals surface area (Å²) in [7, 11) is 2.93. The van der Waals surface area contributed by atoms with Gasteiger partial charge in [0.1, 0.15) is 0 Å². The predicted octanol–water partition coefficient (Wildman–Crippen LogP) is 2.90. The van der Waals surface area contributed by atoms with Gasteiger partial charge in [-0.05, 0) is 47.7 Å². The van der Waals surface area contributed by atoms with E-state index in [1.54, 1.807) is 42.5 Å². The van der Waals surface area contributed by atoms with Gasteiger partial charge >= 0.3 is 0 Å². The van der Waals surface area contributed by atoms with E-state index in [-0.39, 0.29) is 19.9 Å². The number of benzene rings is 2. The fourth-order valence-corrected chi connectivity index (χ4v) is 4.15. The molecule has 0 aliphatic carbocycles. The summed E-state index contributed by atoms with van der Waals surface area (Å²) in [6, 6.07) is 10.2. The Labute approximate surface area is 188 Å². The largest absolute Gasteiger partial charge is 0.493 e. The highest BCUT2D eigenvalue weighted by molar-refractivity contribution is 8.18. The van der Waals surface area contributed by atoms with Crippen molar-refractivity contribution in [2.24, 2.45) is 0 Å². The summed E-state index contributed by atoms with van der Waals surface area (Å²) >= 11 is 0.853. The summed E-state index contributed by atoms with van der Waals surface area (Å²) < 4.78 is 21.1. The molecule has 32 heavy (non-hydrogen) atoms. The number of nitrogens with zero attached hydrogens (tertiary/aromatic N) is 1. The number of hydrogen-bond donors (Lipinski definition) is 1. The zero-order chi connectivity index (χ0) is 22.7. The van der Waals surface area contributed by atoms with Gasteiger partial charge in [-0.1, -0.05) is 12.1 Å². The van der Waals surface area contributed by atoms with Crippen LogP contribution in [0.5, 0.6) is 23.0 Å². The number of carbonyl (C=O) groups is 3. The van der Waals surface area contributed by atoms with Crippen molar-refractivity contribution in [2.45, 2.75) is 0 Å². The molecule has 9 nitrogen and oxygen atoms in total. The van der Waals surface area contributed by atoms with Crippen LogP contribution in [0.1, 0.15) is 15.9 Å². The van der Waals surface area contributed by atoms with Crippen LogP contribution < -0.4 is 24.3 Å². The molecule has 0 atom stereocenters. The molecule has 2 heterocycles. The Morgan fingerprint density at radius 2 is 1.97 bits per heavy atom. The highest BCUT2D eigenvalue weighted by Crippen LogP contribution is 2.36. The van der Waals surface area contributed by atoms with Crippen LogP contribution in [0.15, 0.2) is 41.3 Å². The van der Waals surface area contributed by atoms with E-state index in [9.17, 15) is 14.4 Å². The zero-order valence-electron chi connectivity index (χ0n) is 17.4. The van der Waals surface area contributed by atoms with Crippen molar-refractivity contribution in [3.63, 3.8) is 0 Å². The summed E-state index contributed by atoms with van der Waals surface area (Å²) in [5, 5.41) is 2.31. The van der Waals surface area contributed by atoms with Crippen LogP contribution in [0.25, 0.3) is 6.08 Å². The first kappa shape index (κ1) is 21.6. The topological polar surface area (TPSA) is 103 Å². The summed E-state index contributed by atoms with van der Waals surface area (Å²) in [5.74, 6) is 1.16. The highest BCUT2D eigenvalue weighted by Gasteiger charge is 2.34. The number of imide groups is 1. The minimum absolute atomic E-state index is 0.0428. The summed E-state index contributed by atoms with van der Waals surface area (Å²) in [5.41, 5.74) is 1.02. The van der Waals surface area contributed by atoms with E-state index in [4.69, 9.17) is 18.9 Å². The summed E-state index contributed by atoms with van der Waals surface area (Å²) in [6.07, 6.45) is 1.63. The molecule has 0 aromatic heterocycles. The monoisotopic (exact) mass is 456 g/mol. The Bertz CT molecular complexity index is 1120. The number of para-hydroxylation sites is 1. The third-order valence-corrected chi connectivity index (χ3v) is 5.74. The second kappa shape index (κ2) is 9.23. The van der Waals surface area contributed by atoms with Crippen LogP contribution in [0, 0.1) is 0 Å². The SMILES string of the molecule is COc1cccc(C(=O)NCCN2C(=O)S/C(=C\c3ccc4c(c3)OCO4)C2=O)c1OC. The molecule has 0 radical (unpaired) electrons. The smallest absolute Gasteiger partial charge is 0.293 e. The summed E-state index contributed by atoms with van der Waals surface area (Å²) in [6.45, 7) is 0.290. The van der Waals surface area contributed by atoms with Crippen LogP contribution in [0.2, 0.25) is 0 Å². The van der Waals surface area contributed by atoms with Crippen molar-refractivity contribution >= 4 is 34.9 Å². The predicted molar refractivity (Wildman–Crippen MR) is 117 cm³/mol. The molecule has 1 saturated heterocycles. The number of carbonyl (C=O) groups excluding carboxylic acids is 3. The molecule has 0 saturated carbocycles. The number of amides is 3. The Morgan fingerprint density at radius 1 is 1.16 bits per heavy atom. The Hall–Kier alpha value is -3.66. The molecule has 1 N–H and O–H groups in total. The molecule has 0 spiro atoms. The molecule has 0 bridgehead atoms. The molecule has 1 fully saturated rings. The molecule has 2 aromatic rings. The van der Waals surface area contributed by atoms with Crippen LogP contribution in [0.3, 0.4) is 0 Å². The van der Waals surface area contributed by atoms with Crippen molar-refractivity contribution in [1.82, 2.24) is 10.2 Å². The van der Waals surface area contributed by atoms with Crippen LogP contribution in [-0.2, 0) is 4.79 Å². The maximum absolute atomic E-state index is 12.7. The van der Waals surface area contributed by atoms with E-state index < -0.39 is 17.1 Å². The molecule has 4 rings (SSSR count). The number of nitrogens with one attached hydrogen (secondary N) is 1. The Morgan fingerprint density at radius 3 is 2.75 bits per heavy atom. The molecule has 166 valence electrons. The van der Waals surface area contributed by atoms with Gasteiger partial charge < -0.3 is 24.3 Å². The van der Waals surface area contributed by atoms with Gasteiger partial charge in [0.25, 0.3) is 17.1 Å². The molecule has 3 amide bonds. The third-order valence-electron chi connectivity index (χ3n) is 4.84. The molecular formula is C22H20N2O7S. The van der Waals surface area contributed by atoms with Crippen LogP contribution in [-0.4, -0.2) is 56.1 Å². The van der Waals surface area contributed by atoms with Crippen molar-refractivity contribution in [3.8, 4) is 23.0 Å². The lowest BCUT2D eigenvalue weighted by Crippen LogP contribution is -2.37. The van der Waals surface area contributed by atoms with Crippen LogP contribution in [0.4, 0.5) is 4.79 Å². The third kappa shape index (κ3) is 4.22. The highest BCUT2D eigenvalue weighted by atomic mass is 32.2. The molecule has 10 heteroatoms. The number of rotatable bonds is 7. The average Bonchev–Trinajstić information content (AvgIpc) is 3.37. The van der Waals surface area contributed by atoms with E-state index in [1.807, 2.05) is 0 Å². The fourth-order valence-electron chi connectivity index (χ4n) is 3.29. The van der Waals surface area contributed by atoms with Gasteiger partial charge in [0, 0.05) is 13.1 Å². The van der Waals surface area contributed by atoms with Gasteiger partial charge in [-0.15, -0.1) is 0 Å². The van der Waals surface area contributed by atoms with Crippen molar-refractivity contribution in [1.29, 1.82) is 0 Å². The molecular weight excluding hydrogens is 436 g/mol. The lowest BCUT2D eigenvalue weighted by molar-refractivity contribution is -0.122. The molecule has 0 unspecified atom stereocenters. The first-order valence-corrected chi connectivity index (χ1v) is 10.5. The number of methoxy groups -OCH3 is 2. The first-order chi connectivity index (χ1) is 15.5. The fraction of sp³-hybridized carbons (Fsp3) is 0.227. The molecule has 2 aliphatic heterocycles. The van der Waals surface area contributed by atoms with Gasteiger partial charge in [0.15, 0.2) is 23.0 Å². The normalized spacial score (nSPS) is 15.9. The van der Waals surface area contributed by atoms with Gasteiger partial charge in [-0.25, -0.2) is 0 Å². The lowest BCUT2D eigenvalue weighted by Gasteiger charge is -2.15. The number of fused-ring (bicyclic) bond motifs is 1. The van der Waals surface area contributed by atoms with E-state index >= 15 is 0 Å². The lowest BCUT2D eigenvalue weighted by atomic mass is 10.1. The minimum Gasteiger partial charge on any atom is -0.493 e. The molecule has 2 aromatic carbocycles. The number of ether oxygens (including phenoxy) is 4. The van der Waals surface area contributed by atoms with Gasteiger partial charge in [-0.2, -0.15) is 0 Å². The Balaban J connectivity index is 1.39. The summed E-state index contributed by atoms with van der Waals surface area (Å²) in [4.78, 5) is 39.0. The molecule has 2 aliphatic rings. The first-order valence-electron chi connectivity index (χ1n) is 9.66. The van der Waals surface area contributed by atoms with Gasteiger partial charge in [0.05, 0.1) is 24.7 Å². The van der Waals surface area contributed by atoms with Crippen molar-refractivity contribution < 1.29 is 33.3 Å². The van der Waals surface area contributed by atoms with E-state index in [1.165, 1.54) is 14.2 Å². The standard InChI is InChI=1S/C22H20N2O7S/c1-28-16-5-3-4-14(19(16)29-2)20(25)23-8-9-24-21(26)18(32-22(24)27)11-13-6-7-15-17(10-13)31-12-30-15/h3-7,10-11H,8-9,12H2,1-2H3,(H,23,25)/b18-11-. The maximum atomic E-state index is 12.7. The average molecular weight is 456 g/mol. The van der Waals surface area contributed by atoms with Gasteiger partial charge in [-0.3, -0.25) is 19.3 Å². The quantitative estimate of drug-likeness (QED) is 0.635. The van der Waals surface area contributed by atoms with Crippen LogP contribution >= 0.6 is 11.8 Å². The van der Waals surface area contributed by atoms with Crippen molar-refractivity contribution in [3.05, 3.63) is 52.4 Å². The Kier molecular flexibility index (Phi) is 6.22. The zero-order valence-corrected chi connectivity index (χ0v) is 18.2. The maximum Gasteiger partial charge on any atom is 0.293 e. The second-order valence-corrected chi connectivity index (χ2v) is 7.74. The number of thioether (sulfide) groups is 1. The van der Waals surface area contributed by atoms with E-state index in [0.717, 1.165) is 22.2 Å². The minimum atomic E-state index is -0.411. The van der Waals surface area contributed by atoms with Crippen molar-refractivity contribution in [2.75, 3.05) is 34.1 Å². The van der Waals surface area contributed by atoms with Gasteiger partial charge in [0.2, 0.25) is 6.79 Å².